The minimum atomic E-state index is -2.37. The molecule has 6 rings (SSSR count). The predicted octanol–water partition coefficient (Wildman–Crippen LogP) is 9.50. The number of allylic oxidation sites excluding steroid dienone is 3. The van der Waals surface area contributed by atoms with E-state index in [4.69, 9.17) is 9.47 Å². The van der Waals surface area contributed by atoms with Crippen molar-refractivity contribution < 1.29 is 28.2 Å². The SMILES string of the molecule is C=C(C)[C@@H]1CC[C@]2(NCCN3CCS(O)(O)CC3)CC[C@]3(C)[C@H](CC[C@@H]4[C@@]5(C)CC=C(CCCC(C(=O)OCC)C(=O)OCC)C(C)(C)[C@@H]5CC[C@]43C)[C@@H]12. The van der Waals surface area contributed by atoms with Gasteiger partial charge in [0.15, 0.2) is 5.92 Å². The zero-order valence-electron chi connectivity index (χ0n) is 35.3. The lowest BCUT2D eigenvalue weighted by atomic mass is 9.33. The van der Waals surface area contributed by atoms with Crippen LogP contribution in [0.1, 0.15) is 132 Å². The summed E-state index contributed by atoms with van der Waals surface area (Å²) >= 11 is 0. The lowest BCUT2D eigenvalue weighted by Gasteiger charge is -2.72. The zero-order valence-corrected chi connectivity index (χ0v) is 36.1. The molecule has 1 heterocycles. The summed E-state index contributed by atoms with van der Waals surface area (Å²) in [7, 11) is -2.37. The van der Waals surface area contributed by atoms with Crippen molar-refractivity contribution in [1.29, 1.82) is 0 Å². The monoisotopic (exact) mass is 773 g/mol. The molecule has 0 aromatic rings. The Labute approximate surface area is 329 Å². The van der Waals surface area contributed by atoms with E-state index in [0.29, 0.717) is 47.5 Å². The van der Waals surface area contributed by atoms with Crippen LogP contribution in [0.2, 0.25) is 0 Å². The fourth-order valence-electron chi connectivity index (χ4n) is 14.3. The Balaban J connectivity index is 1.18. The molecule has 54 heavy (non-hydrogen) atoms. The number of ether oxygens (including phenoxy) is 2. The van der Waals surface area contributed by atoms with Gasteiger partial charge in [-0.2, -0.15) is 10.6 Å². The number of nitrogens with zero attached hydrogens (tertiary/aromatic N) is 1. The summed E-state index contributed by atoms with van der Waals surface area (Å²) in [6, 6.07) is 0. The van der Waals surface area contributed by atoms with Crippen molar-refractivity contribution in [3.63, 3.8) is 0 Å². The van der Waals surface area contributed by atoms with Crippen LogP contribution in [0, 0.1) is 57.2 Å². The molecule has 6 aliphatic rings. The summed E-state index contributed by atoms with van der Waals surface area (Å²) in [6.45, 7) is 27.6. The third-order valence-electron chi connectivity index (χ3n) is 17.3. The fraction of sp³-hybridized carbons (Fsp3) is 0.867. The standard InChI is InChI=1S/C45H76N2O6S/c1-10-52-39(48)34(40(49)53-11-2)14-12-13-32-17-20-42(7)36(41(32,5)6)19-21-44(9)37(42)16-15-35-38-33(31(3)4)18-22-45(38,24-23-43(35,44)8)46-25-26-47-27-29-54(50,51)30-28-47/h17,33-38,46,50-51H,3,10-16,18-30H2,1-2,4-9H3/t33-,35+,36-,37+,38+,42-,43+,44+,45-/m0/s1. The van der Waals surface area contributed by atoms with Gasteiger partial charge >= 0.3 is 11.9 Å². The first-order valence-corrected chi connectivity index (χ1v) is 23.7. The second kappa shape index (κ2) is 15.8. The molecule has 5 aliphatic carbocycles. The van der Waals surface area contributed by atoms with Gasteiger partial charge in [0, 0.05) is 31.7 Å². The van der Waals surface area contributed by atoms with Crippen molar-refractivity contribution in [3.05, 3.63) is 23.8 Å². The maximum absolute atomic E-state index is 12.7. The number of esters is 2. The van der Waals surface area contributed by atoms with E-state index >= 15 is 0 Å². The summed E-state index contributed by atoms with van der Waals surface area (Å²) in [5.41, 5.74) is 3.90. The maximum Gasteiger partial charge on any atom is 0.320 e. The molecule has 308 valence electrons. The van der Waals surface area contributed by atoms with Gasteiger partial charge in [0.1, 0.15) is 0 Å². The molecule has 8 nitrogen and oxygen atoms in total. The van der Waals surface area contributed by atoms with E-state index in [9.17, 15) is 18.7 Å². The summed E-state index contributed by atoms with van der Waals surface area (Å²) in [4.78, 5) is 27.8. The Kier molecular flexibility index (Phi) is 12.3. The van der Waals surface area contributed by atoms with Crippen LogP contribution < -0.4 is 5.32 Å². The molecule has 4 saturated carbocycles. The zero-order chi connectivity index (χ0) is 39.3. The number of carbonyl (C=O) groups excluding carboxylic acids is 2. The smallest absolute Gasteiger partial charge is 0.320 e. The molecule has 3 N–H and O–H groups in total. The van der Waals surface area contributed by atoms with E-state index in [2.05, 4.69) is 64.4 Å². The molecule has 0 aromatic heterocycles. The summed E-state index contributed by atoms with van der Waals surface area (Å²) in [6.07, 6.45) is 16.0. The molecule has 0 bridgehead atoms. The highest BCUT2D eigenvalue weighted by Crippen LogP contribution is 2.76. The third-order valence-corrected chi connectivity index (χ3v) is 18.9. The van der Waals surface area contributed by atoms with Crippen LogP contribution in [0.25, 0.3) is 0 Å². The number of hydrogen-bond acceptors (Lipinski definition) is 8. The Morgan fingerprint density at radius 2 is 1.59 bits per heavy atom. The van der Waals surface area contributed by atoms with Crippen LogP contribution in [-0.2, 0) is 19.1 Å². The Bertz CT molecular complexity index is 1420. The van der Waals surface area contributed by atoms with E-state index < -0.39 is 28.4 Å². The van der Waals surface area contributed by atoms with Crippen LogP contribution in [0.3, 0.4) is 0 Å². The fourth-order valence-corrected chi connectivity index (χ4v) is 15.6. The highest BCUT2D eigenvalue weighted by molar-refractivity contribution is 8.24. The minimum absolute atomic E-state index is 0.0586. The lowest BCUT2D eigenvalue weighted by molar-refractivity contribution is -0.221. The molecule has 0 radical (unpaired) electrons. The summed E-state index contributed by atoms with van der Waals surface area (Å²) in [5, 5.41) is 4.24. The van der Waals surface area contributed by atoms with Crippen molar-refractivity contribution in [2.24, 2.45) is 57.2 Å². The minimum Gasteiger partial charge on any atom is -0.465 e. The first-order valence-electron chi connectivity index (χ1n) is 21.8. The quantitative estimate of drug-likeness (QED) is 0.0966. The van der Waals surface area contributed by atoms with Crippen molar-refractivity contribution in [2.75, 3.05) is 50.9 Å². The second-order valence-corrected chi connectivity index (χ2v) is 22.3. The van der Waals surface area contributed by atoms with Crippen LogP contribution in [0.15, 0.2) is 23.8 Å². The molecule has 0 amide bonds. The highest BCUT2D eigenvalue weighted by Gasteiger charge is 2.70. The molecule has 0 aromatic carbocycles. The normalized spacial score (nSPS) is 40.4. The molecule has 9 heteroatoms. The van der Waals surface area contributed by atoms with Gasteiger partial charge in [-0.1, -0.05) is 58.4 Å². The van der Waals surface area contributed by atoms with Crippen molar-refractivity contribution >= 4 is 22.5 Å². The average Bonchev–Trinajstić information content (AvgIpc) is 3.49. The topological polar surface area (TPSA) is 108 Å². The van der Waals surface area contributed by atoms with Crippen LogP contribution >= 0.6 is 10.6 Å². The Hall–Kier alpha value is -1.39. The van der Waals surface area contributed by atoms with E-state index in [1.807, 2.05) is 0 Å². The number of fused-ring (bicyclic) bond motifs is 7. The van der Waals surface area contributed by atoms with Gasteiger partial charge in [-0.25, -0.2) is 0 Å². The van der Waals surface area contributed by atoms with Crippen LogP contribution in [-0.4, -0.2) is 82.4 Å². The lowest BCUT2D eigenvalue weighted by Crippen LogP contribution is -2.68. The van der Waals surface area contributed by atoms with E-state index in [1.54, 1.807) is 13.8 Å². The number of rotatable bonds is 13. The van der Waals surface area contributed by atoms with E-state index in [0.717, 1.165) is 45.4 Å². The van der Waals surface area contributed by atoms with Gasteiger partial charge in [0.05, 0.1) is 24.7 Å². The molecular formula is C45H76N2O6S. The molecule has 0 spiro atoms. The molecule has 1 aliphatic heterocycles. The number of carbonyl (C=O) groups is 2. The van der Waals surface area contributed by atoms with Gasteiger partial charge in [-0.05, 0) is 149 Å². The Morgan fingerprint density at radius 1 is 0.926 bits per heavy atom. The third kappa shape index (κ3) is 7.30. The summed E-state index contributed by atoms with van der Waals surface area (Å²) < 4.78 is 30.8. The average molecular weight is 773 g/mol. The molecule has 9 atom stereocenters. The maximum atomic E-state index is 12.7. The van der Waals surface area contributed by atoms with Gasteiger partial charge in [0.2, 0.25) is 0 Å². The van der Waals surface area contributed by atoms with E-state index in [-0.39, 0.29) is 40.4 Å². The van der Waals surface area contributed by atoms with Gasteiger partial charge in [0.25, 0.3) is 0 Å². The first kappa shape index (κ1) is 42.2. The second-order valence-electron chi connectivity index (χ2n) is 19.9. The molecule has 5 fully saturated rings. The van der Waals surface area contributed by atoms with Crippen molar-refractivity contribution in [2.45, 2.75) is 138 Å². The highest BCUT2D eigenvalue weighted by atomic mass is 32.3. The van der Waals surface area contributed by atoms with Crippen LogP contribution in [0.5, 0.6) is 0 Å². The van der Waals surface area contributed by atoms with Gasteiger partial charge < -0.3 is 14.8 Å². The molecule has 0 unspecified atom stereocenters. The number of nitrogens with one attached hydrogen (secondary N) is 1. The van der Waals surface area contributed by atoms with Crippen molar-refractivity contribution in [3.8, 4) is 0 Å². The van der Waals surface area contributed by atoms with Gasteiger partial charge in [-0.3, -0.25) is 23.6 Å². The first-order chi connectivity index (χ1) is 25.4. The Morgan fingerprint density at radius 3 is 2.22 bits per heavy atom. The largest absolute Gasteiger partial charge is 0.465 e. The summed E-state index contributed by atoms with van der Waals surface area (Å²) in [5.74, 6) is 2.42. The van der Waals surface area contributed by atoms with Gasteiger partial charge in [-0.15, -0.1) is 0 Å². The molecular weight excluding hydrogens is 697 g/mol. The predicted molar refractivity (Wildman–Crippen MR) is 220 cm³/mol. The van der Waals surface area contributed by atoms with Crippen LogP contribution in [0.4, 0.5) is 0 Å². The number of hydrogen-bond donors (Lipinski definition) is 3. The molecule has 1 saturated heterocycles. The van der Waals surface area contributed by atoms with E-state index in [1.165, 1.54) is 62.5 Å². The van der Waals surface area contributed by atoms with Crippen molar-refractivity contribution in [1.82, 2.24) is 10.2 Å².